The maximum Gasteiger partial charge on any atom is 0.250 e. The number of carbonyl (C=O) groups is 1. The van der Waals surface area contributed by atoms with Gasteiger partial charge in [-0.2, -0.15) is 0 Å². The Bertz CT molecular complexity index is 870. The number of carbonyl (C=O) groups excluding carboxylic acids is 1. The van der Waals surface area contributed by atoms with Gasteiger partial charge in [0, 0.05) is 51.8 Å². The Morgan fingerprint density at radius 2 is 2.00 bits per heavy atom. The quantitative estimate of drug-likeness (QED) is 0.773. The van der Waals surface area contributed by atoms with Gasteiger partial charge in [0.15, 0.2) is 0 Å². The van der Waals surface area contributed by atoms with Gasteiger partial charge in [0.1, 0.15) is 5.82 Å². The van der Waals surface area contributed by atoms with E-state index in [-0.39, 0.29) is 16.9 Å². The second-order valence-corrected chi connectivity index (χ2v) is 7.28. The maximum atomic E-state index is 12.9. The Morgan fingerprint density at radius 1 is 1.16 bits per heavy atom. The number of imidazole rings is 1. The van der Waals surface area contributed by atoms with Crippen LogP contribution in [0.5, 0.6) is 0 Å². The van der Waals surface area contributed by atoms with Crippen molar-refractivity contribution in [2.75, 3.05) is 24.5 Å². The van der Waals surface area contributed by atoms with E-state index in [0.29, 0.717) is 0 Å². The summed E-state index contributed by atoms with van der Waals surface area (Å²) in [4.78, 5) is 33.0. The predicted octanol–water partition coefficient (Wildman–Crippen LogP) is 0.748. The Labute approximate surface area is 146 Å². The molecule has 4 rings (SSSR count). The van der Waals surface area contributed by atoms with Crippen molar-refractivity contribution in [3.05, 3.63) is 46.9 Å². The Kier molecular flexibility index (Phi) is 3.76. The van der Waals surface area contributed by atoms with Crippen molar-refractivity contribution in [3.8, 4) is 0 Å². The van der Waals surface area contributed by atoms with Gasteiger partial charge >= 0.3 is 0 Å². The maximum absolute atomic E-state index is 12.9. The van der Waals surface area contributed by atoms with Crippen LogP contribution in [0.15, 0.2) is 35.5 Å². The summed E-state index contributed by atoms with van der Waals surface area (Å²) in [6.07, 6.45) is 7.46. The molecule has 25 heavy (non-hydrogen) atoms. The predicted molar refractivity (Wildman–Crippen MR) is 94.2 cm³/mol. The lowest BCUT2D eigenvalue weighted by atomic mass is 9.72. The molecule has 0 radical (unpaired) electrons. The number of anilines is 1. The summed E-state index contributed by atoms with van der Waals surface area (Å²) >= 11 is 0. The number of β-lactam (4-membered cyclic amide) rings is 1. The molecule has 4 heterocycles. The molecule has 2 fully saturated rings. The fourth-order valence-corrected chi connectivity index (χ4v) is 4.00. The molecule has 132 valence electrons. The zero-order valence-electron chi connectivity index (χ0n) is 14.7. The van der Waals surface area contributed by atoms with E-state index >= 15 is 0 Å². The van der Waals surface area contributed by atoms with E-state index in [4.69, 9.17) is 0 Å². The van der Waals surface area contributed by atoms with E-state index in [0.717, 1.165) is 50.5 Å². The first-order chi connectivity index (χ1) is 12.0. The standard InChI is InChI=1S/C18H23N5O2/c1-20-9-7-19-15(20)11-22-8-3-6-18(12-22)13-23(17(18)25)14-4-5-16(24)21(2)10-14/h4-5,7,9-10H,3,6,8,11-13H2,1-2H3/t18-/m0/s1. The molecule has 7 heteroatoms. The highest BCUT2D eigenvalue weighted by Gasteiger charge is 2.54. The number of piperidine rings is 1. The van der Waals surface area contributed by atoms with E-state index in [9.17, 15) is 9.59 Å². The van der Waals surface area contributed by atoms with Crippen molar-refractivity contribution in [1.29, 1.82) is 0 Å². The largest absolute Gasteiger partial charge is 0.337 e. The third-order valence-corrected chi connectivity index (χ3v) is 5.48. The number of amides is 1. The van der Waals surface area contributed by atoms with E-state index < -0.39 is 0 Å². The number of aromatic nitrogens is 3. The van der Waals surface area contributed by atoms with Gasteiger partial charge in [0.25, 0.3) is 0 Å². The molecular formula is C18H23N5O2. The molecule has 0 aromatic carbocycles. The summed E-state index contributed by atoms with van der Waals surface area (Å²) in [7, 11) is 3.71. The minimum absolute atomic E-state index is 0.0645. The number of pyridine rings is 1. The number of hydrogen-bond donors (Lipinski definition) is 0. The molecule has 1 spiro atoms. The summed E-state index contributed by atoms with van der Waals surface area (Å²) in [6, 6.07) is 3.25. The molecule has 7 nitrogen and oxygen atoms in total. The SMILES string of the molecule is Cn1ccnc1CN1CCC[C@]2(C1)CN(c1ccc(=O)n(C)c1)C2=O. The molecule has 2 aliphatic rings. The van der Waals surface area contributed by atoms with Crippen molar-refractivity contribution < 1.29 is 4.79 Å². The zero-order chi connectivity index (χ0) is 17.6. The van der Waals surface area contributed by atoms with Crippen LogP contribution >= 0.6 is 0 Å². The van der Waals surface area contributed by atoms with Gasteiger partial charge in [0.2, 0.25) is 11.5 Å². The minimum atomic E-state index is -0.280. The summed E-state index contributed by atoms with van der Waals surface area (Å²) in [5, 5.41) is 0. The molecule has 0 unspecified atom stereocenters. The topological polar surface area (TPSA) is 63.4 Å². The molecule has 0 saturated carbocycles. The first-order valence-corrected chi connectivity index (χ1v) is 8.66. The molecule has 1 amide bonds. The third-order valence-electron chi connectivity index (χ3n) is 5.48. The van der Waals surface area contributed by atoms with Crippen LogP contribution in [0.4, 0.5) is 5.69 Å². The van der Waals surface area contributed by atoms with Crippen LogP contribution in [0.1, 0.15) is 18.7 Å². The van der Waals surface area contributed by atoms with E-state index in [1.165, 1.54) is 10.6 Å². The lowest BCUT2D eigenvalue weighted by Gasteiger charge is -2.53. The lowest BCUT2D eigenvalue weighted by Crippen LogP contribution is -2.67. The van der Waals surface area contributed by atoms with Crippen molar-refractivity contribution in [2.24, 2.45) is 19.5 Å². The number of aryl methyl sites for hydroxylation is 2. The second kappa shape index (κ2) is 5.84. The molecule has 1 atom stereocenters. The molecule has 2 saturated heterocycles. The number of nitrogens with zero attached hydrogens (tertiary/aromatic N) is 5. The van der Waals surface area contributed by atoms with Gasteiger partial charge in [-0.1, -0.05) is 0 Å². The van der Waals surface area contributed by atoms with E-state index in [2.05, 4.69) is 9.88 Å². The van der Waals surface area contributed by atoms with Crippen LogP contribution in [-0.2, 0) is 25.4 Å². The van der Waals surface area contributed by atoms with E-state index in [1.807, 2.05) is 24.0 Å². The molecule has 0 bridgehead atoms. The molecule has 2 aliphatic heterocycles. The normalized spacial score (nSPS) is 23.9. The minimum Gasteiger partial charge on any atom is -0.337 e. The van der Waals surface area contributed by atoms with Crippen LogP contribution in [0.3, 0.4) is 0 Å². The van der Waals surface area contributed by atoms with Gasteiger partial charge in [-0.05, 0) is 25.5 Å². The smallest absolute Gasteiger partial charge is 0.250 e. The van der Waals surface area contributed by atoms with Crippen molar-refractivity contribution in [2.45, 2.75) is 19.4 Å². The number of hydrogen-bond acceptors (Lipinski definition) is 4. The van der Waals surface area contributed by atoms with Gasteiger partial charge in [-0.15, -0.1) is 0 Å². The first kappa shape index (κ1) is 16.1. The third kappa shape index (κ3) is 2.68. The lowest BCUT2D eigenvalue weighted by molar-refractivity contribution is -0.139. The van der Waals surface area contributed by atoms with Gasteiger partial charge < -0.3 is 14.0 Å². The van der Waals surface area contributed by atoms with Crippen LogP contribution in [0.2, 0.25) is 0 Å². The Balaban J connectivity index is 1.48. The average Bonchev–Trinajstić information content (AvgIpc) is 3.00. The highest BCUT2D eigenvalue weighted by Crippen LogP contribution is 2.42. The number of likely N-dealkylation sites (tertiary alicyclic amines) is 1. The highest BCUT2D eigenvalue weighted by molar-refractivity contribution is 6.04. The van der Waals surface area contributed by atoms with Gasteiger partial charge in [-0.25, -0.2) is 4.98 Å². The molecule has 0 aliphatic carbocycles. The highest BCUT2D eigenvalue weighted by atomic mass is 16.2. The molecule has 2 aromatic heterocycles. The fourth-order valence-electron chi connectivity index (χ4n) is 4.00. The van der Waals surface area contributed by atoms with Crippen molar-refractivity contribution in [1.82, 2.24) is 19.0 Å². The van der Waals surface area contributed by atoms with Gasteiger partial charge in [-0.3, -0.25) is 14.5 Å². The Morgan fingerprint density at radius 3 is 2.68 bits per heavy atom. The van der Waals surface area contributed by atoms with Crippen LogP contribution in [0, 0.1) is 5.41 Å². The summed E-state index contributed by atoms with van der Waals surface area (Å²) < 4.78 is 3.54. The second-order valence-electron chi connectivity index (χ2n) is 7.28. The van der Waals surface area contributed by atoms with Gasteiger partial charge in [0.05, 0.1) is 17.6 Å². The summed E-state index contributed by atoms with van der Waals surface area (Å²) in [6.45, 7) is 3.28. The zero-order valence-corrected chi connectivity index (χ0v) is 14.7. The van der Waals surface area contributed by atoms with Crippen molar-refractivity contribution >= 4 is 11.6 Å². The summed E-state index contributed by atoms with van der Waals surface area (Å²) in [5.41, 5.74) is 0.460. The van der Waals surface area contributed by atoms with Crippen LogP contribution in [-0.4, -0.2) is 44.6 Å². The molecule has 2 aromatic rings. The van der Waals surface area contributed by atoms with Crippen molar-refractivity contribution in [3.63, 3.8) is 0 Å². The molecular weight excluding hydrogens is 318 g/mol. The average molecular weight is 341 g/mol. The van der Waals surface area contributed by atoms with E-state index in [1.54, 1.807) is 24.2 Å². The first-order valence-electron chi connectivity index (χ1n) is 8.66. The Hall–Kier alpha value is -2.41. The monoisotopic (exact) mass is 341 g/mol. The summed E-state index contributed by atoms with van der Waals surface area (Å²) in [5.74, 6) is 1.20. The number of rotatable bonds is 3. The fraction of sp³-hybridized carbons (Fsp3) is 0.500. The van der Waals surface area contributed by atoms with Crippen LogP contribution < -0.4 is 10.5 Å². The van der Waals surface area contributed by atoms with Crippen LogP contribution in [0.25, 0.3) is 0 Å². The molecule has 0 N–H and O–H groups in total.